The first-order valence-electron chi connectivity index (χ1n) is 3.94. The molecule has 0 saturated carbocycles. The summed E-state index contributed by atoms with van der Waals surface area (Å²) in [5.74, 6) is 0. The van der Waals surface area contributed by atoms with Gasteiger partial charge in [-0.3, -0.25) is 0 Å². The second-order valence-corrected chi connectivity index (χ2v) is 3.66. The van der Waals surface area contributed by atoms with Gasteiger partial charge in [-0.25, -0.2) is 0 Å². The number of unbranched alkanes of at least 4 members (excludes halogenated alkanes) is 1. The van der Waals surface area contributed by atoms with Crippen molar-refractivity contribution in [2.24, 2.45) is 0 Å². The van der Waals surface area contributed by atoms with Gasteiger partial charge in [-0.05, 0) is 0 Å². The SMILES string of the molecule is CCCCC1=[C]([Ti])CC=C1. The van der Waals surface area contributed by atoms with Crippen LogP contribution >= 0.6 is 0 Å². The third kappa shape index (κ3) is 2.11. The third-order valence-corrected chi connectivity index (χ3v) is 2.65. The number of hydrogen-bond donors (Lipinski definition) is 0. The molecule has 0 atom stereocenters. The summed E-state index contributed by atoms with van der Waals surface area (Å²) in [6.45, 7) is 2.24. The van der Waals surface area contributed by atoms with E-state index in [9.17, 15) is 0 Å². The van der Waals surface area contributed by atoms with E-state index < -0.39 is 0 Å². The first kappa shape index (κ1) is 8.29. The summed E-state index contributed by atoms with van der Waals surface area (Å²) < 4.78 is 1.58. The number of rotatable bonds is 3. The molecule has 0 fully saturated rings. The van der Waals surface area contributed by atoms with Crippen LogP contribution in [0.5, 0.6) is 0 Å². The van der Waals surface area contributed by atoms with Crippen molar-refractivity contribution < 1.29 is 20.4 Å². The van der Waals surface area contributed by atoms with Crippen molar-refractivity contribution in [2.75, 3.05) is 0 Å². The zero-order valence-corrected chi connectivity index (χ0v) is 8.04. The topological polar surface area (TPSA) is 0 Å². The van der Waals surface area contributed by atoms with Crippen molar-refractivity contribution in [3.63, 3.8) is 0 Å². The van der Waals surface area contributed by atoms with Crippen molar-refractivity contribution in [1.29, 1.82) is 0 Å². The molecule has 0 spiro atoms. The summed E-state index contributed by atoms with van der Waals surface area (Å²) in [4.78, 5) is 0. The molecule has 0 heterocycles. The average Bonchev–Trinajstić information content (AvgIpc) is 2.31. The van der Waals surface area contributed by atoms with E-state index in [4.69, 9.17) is 0 Å². The molecular weight excluding hydrogens is 156 g/mol. The summed E-state index contributed by atoms with van der Waals surface area (Å²) in [6.07, 6.45) is 9.69. The third-order valence-electron chi connectivity index (χ3n) is 1.83. The van der Waals surface area contributed by atoms with E-state index in [1.54, 1.807) is 9.45 Å². The predicted octanol–water partition coefficient (Wildman–Crippen LogP) is 2.94. The Balaban J connectivity index is 2.38. The Morgan fingerprint density at radius 2 is 2.40 bits per heavy atom. The van der Waals surface area contributed by atoms with Gasteiger partial charge in [-0.15, -0.1) is 0 Å². The van der Waals surface area contributed by atoms with Gasteiger partial charge in [0.1, 0.15) is 0 Å². The molecule has 0 saturated heterocycles. The molecule has 1 aliphatic rings. The Morgan fingerprint density at radius 1 is 1.60 bits per heavy atom. The van der Waals surface area contributed by atoms with Crippen LogP contribution in [-0.4, -0.2) is 0 Å². The minimum atomic E-state index is 1.19. The number of hydrogen-bond acceptors (Lipinski definition) is 0. The van der Waals surface area contributed by atoms with Crippen LogP contribution in [0.25, 0.3) is 0 Å². The van der Waals surface area contributed by atoms with E-state index >= 15 is 0 Å². The van der Waals surface area contributed by atoms with Crippen molar-refractivity contribution in [3.05, 3.63) is 21.6 Å². The van der Waals surface area contributed by atoms with Crippen LogP contribution in [0.1, 0.15) is 32.6 Å². The Morgan fingerprint density at radius 3 is 2.90 bits per heavy atom. The van der Waals surface area contributed by atoms with Crippen LogP contribution in [0.3, 0.4) is 0 Å². The molecule has 0 aliphatic heterocycles. The fraction of sp³-hybridized carbons (Fsp3) is 0.556. The molecule has 0 unspecified atom stereocenters. The van der Waals surface area contributed by atoms with Crippen LogP contribution < -0.4 is 0 Å². The zero-order chi connectivity index (χ0) is 7.40. The fourth-order valence-corrected chi connectivity index (χ4v) is 1.66. The van der Waals surface area contributed by atoms with E-state index in [1.165, 1.54) is 25.7 Å². The summed E-state index contributed by atoms with van der Waals surface area (Å²) >= 11 is 2.24. The van der Waals surface area contributed by atoms with Gasteiger partial charge in [-0.2, -0.15) is 0 Å². The summed E-state index contributed by atoms with van der Waals surface area (Å²) in [5.41, 5.74) is 1.59. The Labute approximate surface area is 74.8 Å². The molecule has 0 nitrogen and oxygen atoms in total. The molecule has 0 bridgehead atoms. The van der Waals surface area contributed by atoms with E-state index in [1.807, 2.05) is 0 Å². The van der Waals surface area contributed by atoms with Gasteiger partial charge < -0.3 is 0 Å². The van der Waals surface area contributed by atoms with Gasteiger partial charge >= 0.3 is 74.6 Å². The molecule has 0 aromatic heterocycles. The molecule has 0 aromatic rings. The maximum absolute atomic E-state index is 2.28. The van der Waals surface area contributed by atoms with Crippen molar-refractivity contribution in [2.45, 2.75) is 32.6 Å². The van der Waals surface area contributed by atoms with Crippen molar-refractivity contribution in [1.82, 2.24) is 0 Å². The molecule has 0 N–H and O–H groups in total. The maximum atomic E-state index is 2.28. The molecule has 0 amide bonds. The summed E-state index contributed by atoms with van der Waals surface area (Å²) in [6, 6.07) is 0. The molecule has 1 rings (SSSR count). The van der Waals surface area contributed by atoms with Gasteiger partial charge in [0.05, 0.1) is 0 Å². The van der Waals surface area contributed by atoms with Gasteiger partial charge in [0.2, 0.25) is 0 Å². The van der Waals surface area contributed by atoms with Crippen LogP contribution in [0.4, 0.5) is 0 Å². The standard InChI is InChI=1S/C9H13.Ti/c1-2-3-6-9-7-4-5-8-9;/h4,7H,2-3,5-6H2,1H3;. The molecule has 53 valence electrons. The molecule has 1 heteroatoms. The Kier molecular flexibility index (Phi) is 3.44. The van der Waals surface area contributed by atoms with E-state index in [2.05, 4.69) is 39.5 Å². The Bertz CT molecular complexity index is 166. The molecule has 0 radical (unpaired) electrons. The monoisotopic (exact) mass is 169 g/mol. The van der Waals surface area contributed by atoms with Gasteiger partial charge in [0.25, 0.3) is 0 Å². The molecular formula is C9H13Ti. The second kappa shape index (κ2) is 4.15. The quantitative estimate of drug-likeness (QED) is 0.569. The van der Waals surface area contributed by atoms with Gasteiger partial charge in [-0.1, -0.05) is 0 Å². The van der Waals surface area contributed by atoms with Crippen LogP contribution in [0.2, 0.25) is 0 Å². The van der Waals surface area contributed by atoms with Crippen molar-refractivity contribution in [3.8, 4) is 0 Å². The minimum absolute atomic E-state index is 1.19. The summed E-state index contributed by atoms with van der Waals surface area (Å²) in [7, 11) is 0. The Hall–Kier alpha value is 0.194. The molecule has 1 aliphatic carbocycles. The van der Waals surface area contributed by atoms with Crippen molar-refractivity contribution >= 4 is 0 Å². The van der Waals surface area contributed by atoms with Gasteiger partial charge in [0.15, 0.2) is 0 Å². The van der Waals surface area contributed by atoms with Crippen LogP contribution in [-0.2, 0) is 20.4 Å². The van der Waals surface area contributed by atoms with E-state index in [0.29, 0.717) is 0 Å². The van der Waals surface area contributed by atoms with Gasteiger partial charge in [0, 0.05) is 0 Å². The van der Waals surface area contributed by atoms with E-state index in [0.717, 1.165) is 0 Å². The average molecular weight is 169 g/mol. The zero-order valence-electron chi connectivity index (χ0n) is 6.48. The molecule has 0 aromatic carbocycles. The number of allylic oxidation sites excluding steroid dienone is 4. The predicted molar refractivity (Wildman–Crippen MR) is 40.3 cm³/mol. The van der Waals surface area contributed by atoms with E-state index in [-0.39, 0.29) is 0 Å². The summed E-state index contributed by atoms with van der Waals surface area (Å²) in [5, 5.41) is 0. The fourth-order valence-electron chi connectivity index (χ4n) is 1.15. The van der Waals surface area contributed by atoms with Crippen LogP contribution in [0.15, 0.2) is 21.6 Å². The van der Waals surface area contributed by atoms with Crippen LogP contribution in [0, 0.1) is 0 Å². The normalized spacial score (nSPS) is 16.8. The first-order chi connectivity index (χ1) is 4.84. The molecule has 10 heavy (non-hydrogen) atoms. The second-order valence-electron chi connectivity index (χ2n) is 2.71. The first-order valence-corrected chi connectivity index (χ1v) is 4.73.